The van der Waals surface area contributed by atoms with Gasteiger partial charge < -0.3 is 19.7 Å². The number of ketones is 1. The Balaban J connectivity index is 0.00000361. The van der Waals surface area contributed by atoms with E-state index in [-0.39, 0.29) is 18.8 Å². The lowest BCUT2D eigenvalue weighted by Gasteiger charge is -2.66. The van der Waals surface area contributed by atoms with Gasteiger partial charge in [-0.3, -0.25) is 14.5 Å². The zero-order valence-corrected chi connectivity index (χ0v) is 23.5. The van der Waals surface area contributed by atoms with Gasteiger partial charge in [0.15, 0.2) is 17.5 Å². The van der Waals surface area contributed by atoms with Crippen LogP contribution in [0.1, 0.15) is 80.1 Å². The molecule has 2 aliphatic heterocycles. The van der Waals surface area contributed by atoms with Gasteiger partial charge in [0.25, 0.3) is 0 Å². The van der Waals surface area contributed by atoms with Gasteiger partial charge in [0.2, 0.25) is 0 Å². The maximum absolute atomic E-state index is 13.9. The summed E-state index contributed by atoms with van der Waals surface area (Å²) in [6.45, 7) is 16.6. The number of nitrogens with zero attached hydrogens (tertiary/aromatic N) is 1. The number of ether oxygens (including phenoxy) is 2. The molecule has 36 heavy (non-hydrogen) atoms. The first kappa shape index (κ1) is 29.3. The fourth-order valence-electron chi connectivity index (χ4n) is 7.27. The van der Waals surface area contributed by atoms with Gasteiger partial charge in [-0.2, -0.15) is 0 Å². The highest BCUT2D eigenvalue weighted by atomic mass is 35.5. The van der Waals surface area contributed by atoms with E-state index in [9.17, 15) is 19.8 Å². The largest absolute Gasteiger partial charge is 0.454 e. The van der Waals surface area contributed by atoms with Crippen LogP contribution in [0.4, 0.5) is 0 Å². The molecule has 2 saturated heterocycles. The third kappa shape index (κ3) is 4.01. The highest BCUT2D eigenvalue weighted by Gasteiger charge is 2.76. The number of halogens is 1. The Morgan fingerprint density at radius 1 is 1.22 bits per heavy atom. The van der Waals surface area contributed by atoms with Crippen molar-refractivity contribution in [2.24, 2.45) is 10.8 Å². The lowest BCUT2D eigenvalue weighted by atomic mass is 9.44. The summed E-state index contributed by atoms with van der Waals surface area (Å²) < 4.78 is 12.7. The number of piperidine rings is 1. The number of aliphatic hydroxyl groups excluding tert-OH is 1. The summed E-state index contributed by atoms with van der Waals surface area (Å²) in [6.07, 6.45) is 5.75. The van der Waals surface area contributed by atoms with Crippen LogP contribution in [0.3, 0.4) is 0 Å². The predicted octanol–water partition coefficient (Wildman–Crippen LogP) is 3.75. The smallest absolute Gasteiger partial charge is 0.323 e. The second-order valence-corrected chi connectivity index (χ2v) is 12.4. The van der Waals surface area contributed by atoms with E-state index in [0.717, 1.165) is 37.9 Å². The molecule has 0 aromatic rings. The van der Waals surface area contributed by atoms with Crippen LogP contribution in [0.2, 0.25) is 0 Å². The van der Waals surface area contributed by atoms with Gasteiger partial charge in [-0.15, -0.1) is 19.0 Å². The summed E-state index contributed by atoms with van der Waals surface area (Å²) in [5.74, 6) is -0.833. The molecule has 2 aliphatic carbocycles. The molecule has 3 fully saturated rings. The van der Waals surface area contributed by atoms with Gasteiger partial charge in [0.1, 0.15) is 11.6 Å². The lowest BCUT2D eigenvalue weighted by molar-refractivity contribution is -0.305. The van der Waals surface area contributed by atoms with Crippen molar-refractivity contribution in [1.29, 1.82) is 0 Å². The molecule has 1 saturated carbocycles. The van der Waals surface area contributed by atoms with Crippen LogP contribution in [-0.2, 0) is 19.1 Å². The van der Waals surface area contributed by atoms with Crippen LogP contribution in [0, 0.1) is 10.8 Å². The molecule has 7 atom stereocenters. The fourth-order valence-corrected chi connectivity index (χ4v) is 7.27. The quantitative estimate of drug-likeness (QED) is 0.426. The molecule has 8 heteroatoms. The van der Waals surface area contributed by atoms with E-state index in [1.54, 1.807) is 26.8 Å². The molecule has 0 spiro atoms. The van der Waals surface area contributed by atoms with Crippen LogP contribution in [0.15, 0.2) is 24.3 Å². The van der Waals surface area contributed by atoms with Crippen molar-refractivity contribution in [2.45, 2.75) is 115 Å². The van der Waals surface area contributed by atoms with E-state index in [0.29, 0.717) is 12.8 Å². The number of carbonyl (C=O) groups is 2. The number of hydrogen-bond donors (Lipinski definition) is 2. The Labute approximate surface area is 221 Å². The highest BCUT2D eigenvalue weighted by Crippen LogP contribution is 2.64. The van der Waals surface area contributed by atoms with E-state index in [1.165, 1.54) is 0 Å². The van der Waals surface area contributed by atoms with Crippen molar-refractivity contribution in [3.05, 3.63) is 24.3 Å². The Morgan fingerprint density at radius 3 is 2.42 bits per heavy atom. The summed E-state index contributed by atoms with van der Waals surface area (Å²) in [6, 6.07) is -0.450. The van der Waals surface area contributed by atoms with Gasteiger partial charge in [0.05, 0.1) is 17.1 Å². The first-order valence-corrected chi connectivity index (χ1v) is 13.1. The van der Waals surface area contributed by atoms with E-state index in [1.807, 2.05) is 26.8 Å². The van der Waals surface area contributed by atoms with E-state index in [2.05, 4.69) is 11.5 Å². The van der Waals surface area contributed by atoms with Gasteiger partial charge in [-0.25, -0.2) is 0 Å². The number of likely N-dealkylation sites (tertiary alicyclic amines) is 1. The Morgan fingerprint density at radius 2 is 1.83 bits per heavy atom. The average molecular weight is 526 g/mol. The zero-order chi connectivity index (χ0) is 26.0. The maximum Gasteiger partial charge on any atom is 0.323 e. The molecule has 2 heterocycles. The summed E-state index contributed by atoms with van der Waals surface area (Å²) in [4.78, 5) is 29.4. The molecule has 0 radical (unpaired) electrons. The Bertz CT molecular complexity index is 944. The molecular formula is C28H44ClNO6. The van der Waals surface area contributed by atoms with E-state index < -0.39 is 57.6 Å². The van der Waals surface area contributed by atoms with Crippen molar-refractivity contribution in [1.82, 2.24) is 4.90 Å². The van der Waals surface area contributed by atoms with Crippen molar-refractivity contribution < 1.29 is 29.3 Å². The standard InChI is InChI=1S/C28H43NO6.ClH/c1-8-25(5)17-21(31)28(33)26(6)19(24(3,4)13-12-20(26)30)16-22(27(28,7)35-25)34-23(32)18(2)29-14-10-9-11-15-29;/h8,16,18,20,22,30,33H,1,9-15,17H2,2-7H3;1H/t18?,20-,22-,25-,26+,27+,28-;/m0./s1. The molecule has 0 aromatic carbocycles. The van der Waals surface area contributed by atoms with Crippen molar-refractivity contribution in [3.8, 4) is 0 Å². The number of rotatable bonds is 4. The van der Waals surface area contributed by atoms with E-state index >= 15 is 0 Å². The van der Waals surface area contributed by atoms with Crippen molar-refractivity contribution in [2.75, 3.05) is 13.1 Å². The number of Topliss-reactive ketones (excluding diaryl/α,β-unsaturated/α-hetero) is 1. The fraction of sp³-hybridized carbons (Fsp3) is 0.786. The molecule has 204 valence electrons. The lowest BCUT2D eigenvalue weighted by Crippen LogP contribution is -2.81. The van der Waals surface area contributed by atoms with Crippen LogP contribution < -0.4 is 0 Å². The molecule has 1 unspecified atom stereocenters. The molecule has 4 aliphatic rings. The van der Waals surface area contributed by atoms with Gasteiger partial charge in [-0.05, 0) is 78.0 Å². The van der Waals surface area contributed by atoms with Gasteiger partial charge in [0, 0.05) is 6.42 Å². The van der Waals surface area contributed by atoms with Crippen LogP contribution in [-0.4, -0.2) is 75.0 Å². The number of carbonyl (C=O) groups excluding carboxylic acids is 2. The van der Waals surface area contributed by atoms with Gasteiger partial charge >= 0.3 is 5.97 Å². The third-order valence-corrected chi connectivity index (χ3v) is 9.64. The minimum absolute atomic E-state index is 0. The summed E-state index contributed by atoms with van der Waals surface area (Å²) in [5, 5.41) is 23.8. The average Bonchev–Trinajstić information content (AvgIpc) is 2.81. The topological polar surface area (TPSA) is 96.3 Å². The normalized spacial score (nSPS) is 43.2. The summed E-state index contributed by atoms with van der Waals surface area (Å²) >= 11 is 0. The number of hydrogen-bond acceptors (Lipinski definition) is 7. The maximum atomic E-state index is 13.9. The van der Waals surface area contributed by atoms with Crippen LogP contribution in [0.5, 0.6) is 0 Å². The van der Waals surface area contributed by atoms with Crippen molar-refractivity contribution in [3.63, 3.8) is 0 Å². The first-order chi connectivity index (χ1) is 16.2. The number of aliphatic hydroxyl groups is 2. The molecule has 0 bridgehead atoms. The van der Waals surface area contributed by atoms with Crippen molar-refractivity contribution >= 4 is 24.2 Å². The van der Waals surface area contributed by atoms with Gasteiger partial charge in [-0.1, -0.05) is 31.9 Å². The molecule has 0 aromatic heterocycles. The number of fused-ring (bicyclic) bond motifs is 3. The van der Waals surface area contributed by atoms with E-state index in [4.69, 9.17) is 9.47 Å². The van der Waals surface area contributed by atoms with Crippen LogP contribution in [0.25, 0.3) is 0 Å². The third-order valence-electron chi connectivity index (χ3n) is 9.64. The monoisotopic (exact) mass is 525 g/mol. The predicted molar refractivity (Wildman–Crippen MR) is 140 cm³/mol. The summed E-state index contributed by atoms with van der Waals surface area (Å²) in [7, 11) is 0. The molecular weight excluding hydrogens is 482 g/mol. The van der Waals surface area contributed by atoms with Crippen LogP contribution >= 0.6 is 12.4 Å². The second-order valence-electron chi connectivity index (χ2n) is 12.4. The minimum atomic E-state index is -2.09. The first-order valence-electron chi connectivity index (χ1n) is 13.1. The molecule has 2 N–H and O–H groups in total. The second kappa shape index (κ2) is 9.49. The SMILES string of the molecule is C=C[C@@]1(C)CC(=O)[C@@]2(O)[C@](C)(O1)[C@@H](OC(=O)C(C)N1CCCCC1)C=C1C(C)(C)CC[C@H](O)[C@@]12C.Cl. The highest BCUT2D eigenvalue weighted by molar-refractivity contribution is 5.93. The minimum Gasteiger partial charge on any atom is -0.454 e. The molecule has 7 nitrogen and oxygen atoms in total. The zero-order valence-electron chi connectivity index (χ0n) is 22.6. The molecule has 4 rings (SSSR count). The summed E-state index contributed by atoms with van der Waals surface area (Å²) in [5.41, 5.74) is -5.71. The Kier molecular flexibility index (Phi) is 7.73. The molecule has 0 amide bonds. The Hall–Kier alpha value is -1.25. The number of esters is 1.